The van der Waals surface area contributed by atoms with Gasteiger partial charge in [0.2, 0.25) is 0 Å². The number of hydrogen-bond acceptors (Lipinski definition) is 7. The minimum Gasteiger partial charge on any atom is -0.495 e. The van der Waals surface area contributed by atoms with Crippen molar-refractivity contribution in [2.24, 2.45) is 0 Å². The van der Waals surface area contributed by atoms with E-state index < -0.39 is 14.9 Å². The fourth-order valence-electron chi connectivity index (χ4n) is 2.52. The summed E-state index contributed by atoms with van der Waals surface area (Å²) in [4.78, 5) is 10.2. The Kier molecular flexibility index (Phi) is 5.50. The number of rotatable bonds is 8. The van der Waals surface area contributed by atoms with Crippen molar-refractivity contribution in [2.75, 3.05) is 17.1 Å². The van der Waals surface area contributed by atoms with Gasteiger partial charge in [0.1, 0.15) is 16.4 Å². The largest absolute Gasteiger partial charge is 0.495 e. The van der Waals surface area contributed by atoms with E-state index in [2.05, 4.69) is 10.0 Å². The molecule has 0 spiro atoms. The van der Waals surface area contributed by atoms with Crippen LogP contribution in [-0.2, 0) is 16.6 Å². The van der Waals surface area contributed by atoms with E-state index >= 15 is 0 Å². The summed E-state index contributed by atoms with van der Waals surface area (Å²) in [5, 5.41) is 14.1. The fraction of sp³-hybridized carbons (Fsp3) is 0.111. The van der Waals surface area contributed by atoms with Crippen molar-refractivity contribution in [3.8, 4) is 5.75 Å². The Morgan fingerprint density at radius 1 is 1.11 bits per heavy atom. The highest BCUT2D eigenvalue weighted by molar-refractivity contribution is 7.93. The zero-order valence-corrected chi connectivity index (χ0v) is 15.6. The van der Waals surface area contributed by atoms with Crippen LogP contribution >= 0.6 is 0 Å². The lowest BCUT2D eigenvalue weighted by atomic mass is 10.2. The van der Waals surface area contributed by atoms with Crippen LogP contribution < -0.4 is 14.8 Å². The van der Waals surface area contributed by atoms with E-state index in [9.17, 15) is 18.5 Å². The van der Waals surface area contributed by atoms with Crippen LogP contribution in [0.4, 0.5) is 17.1 Å². The van der Waals surface area contributed by atoms with Crippen LogP contribution in [0.25, 0.3) is 0 Å². The van der Waals surface area contributed by atoms with Crippen LogP contribution in [0, 0.1) is 10.1 Å². The number of methoxy groups -OCH3 is 1. The van der Waals surface area contributed by atoms with Crippen molar-refractivity contribution >= 4 is 27.1 Å². The smallest absolute Gasteiger partial charge is 0.270 e. The number of hydrogen-bond donors (Lipinski definition) is 2. The average Bonchev–Trinajstić information content (AvgIpc) is 3.20. The maximum atomic E-state index is 13.0. The SMILES string of the molecule is COc1ccccc1NS(=O)(=O)c1cc([N+](=O)[O-])ccc1NCc1ccco1. The van der Waals surface area contributed by atoms with Crippen LogP contribution in [0.5, 0.6) is 5.75 Å². The minimum atomic E-state index is -4.15. The van der Waals surface area contributed by atoms with Crippen LogP contribution in [0.15, 0.2) is 70.2 Å². The number of nitro groups is 1. The zero-order chi connectivity index (χ0) is 20.1. The van der Waals surface area contributed by atoms with Gasteiger partial charge in [-0.1, -0.05) is 12.1 Å². The molecular weight excluding hydrogens is 386 g/mol. The molecule has 146 valence electrons. The second-order valence-corrected chi connectivity index (χ2v) is 7.33. The van der Waals surface area contributed by atoms with Gasteiger partial charge < -0.3 is 14.5 Å². The van der Waals surface area contributed by atoms with Gasteiger partial charge >= 0.3 is 0 Å². The summed E-state index contributed by atoms with van der Waals surface area (Å²) >= 11 is 0. The molecule has 0 atom stereocenters. The third kappa shape index (κ3) is 4.23. The Bertz CT molecular complexity index is 1080. The van der Waals surface area contributed by atoms with Crippen molar-refractivity contribution < 1.29 is 22.5 Å². The lowest BCUT2D eigenvalue weighted by molar-refractivity contribution is -0.385. The van der Waals surface area contributed by atoms with Gasteiger partial charge in [0, 0.05) is 12.1 Å². The predicted octanol–water partition coefficient (Wildman–Crippen LogP) is 3.61. The topological polar surface area (TPSA) is 124 Å². The van der Waals surface area contributed by atoms with Gasteiger partial charge in [-0.25, -0.2) is 8.42 Å². The molecule has 2 N–H and O–H groups in total. The van der Waals surface area contributed by atoms with E-state index in [0.29, 0.717) is 11.5 Å². The van der Waals surface area contributed by atoms with Crippen LogP contribution in [0.2, 0.25) is 0 Å². The Morgan fingerprint density at radius 3 is 2.57 bits per heavy atom. The van der Waals surface area contributed by atoms with E-state index in [-0.39, 0.29) is 28.5 Å². The second-order valence-electron chi connectivity index (χ2n) is 5.68. The number of ether oxygens (including phenoxy) is 1. The normalized spacial score (nSPS) is 11.0. The molecule has 0 aliphatic carbocycles. The first-order chi connectivity index (χ1) is 13.4. The predicted molar refractivity (Wildman–Crippen MR) is 103 cm³/mol. The number of anilines is 2. The summed E-state index contributed by atoms with van der Waals surface area (Å²) in [6, 6.07) is 13.5. The molecule has 0 radical (unpaired) electrons. The van der Waals surface area contributed by atoms with Crippen LogP contribution in [0.1, 0.15) is 5.76 Å². The molecule has 2 aromatic carbocycles. The minimum absolute atomic E-state index is 0.199. The molecule has 1 heterocycles. The monoisotopic (exact) mass is 403 g/mol. The number of nitro benzene ring substituents is 1. The lowest BCUT2D eigenvalue weighted by Crippen LogP contribution is -2.16. The van der Waals surface area contributed by atoms with Gasteiger partial charge in [-0.15, -0.1) is 0 Å². The Morgan fingerprint density at radius 2 is 1.89 bits per heavy atom. The number of non-ortho nitro benzene ring substituents is 1. The molecule has 0 amide bonds. The maximum Gasteiger partial charge on any atom is 0.270 e. The van der Waals surface area contributed by atoms with Gasteiger partial charge in [0.25, 0.3) is 15.7 Å². The standard InChI is InChI=1S/C18H17N3O6S/c1-26-17-7-3-2-6-15(17)20-28(24,25)18-11-13(21(22)23)8-9-16(18)19-12-14-5-4-10-27-14/h2-11,19-20H,12H2,1H3. The Balaban J connectivity index is 1.98. The highest BCUT2D eigenvalue weighted by Crippen LogP contribution is 2.31. The molecule has 0 aliphatic heterocycles. The summed E-state index contributed by atoms with van der Waals surface area (Å²) in [5.41, 5.74) is 0.0711. The first-order valence-electron chi connectivity index (χ1n) is 8.11. The maximum absolute atomic E-state index is 13.0. The third-order valence-electron chi connectivity index (χ3n) is 3.85. The number of sulfonamides is 1. The molecule has 3 aromatic rings. The van der Waals surface area contributed by atoms with Crippen LogP contribution in [0.3, 0.4) is 0 Å². The molecule has 10 heteroatoms. The molecule has 0 aliphatic rings. The van der Waals surface area contributed by atoms with Crippen molar-refractivity contribution in [2.45, 2.75) is 11.4 Å². The molecule has 3 rings (SSSR count). The summed E-state index contributed by atoms with van der Waals surface area (Å²) < 4.78 is 38.7. The highest BCUT2D eigenvalue weighted by atomic mass is 32.2. The number of benzene rings is 2. The average molecular weight is 403 g/mol. The van der Waals surface area contributed by atoms with Crippen molar-refractivity contribution in [1.29, 1.82) is 0 Å². The van der Waals surface area contributed by atoms with E-state index in [1.165, 1.54) is 31.6 Å². The molecule has 0 saturated heterocycles. The highest BCUT2D eigenvalue weighted by Gasteiger charge is 2.23. The van der Waals surface area contributed by atoms with Crippen molar-refractivity contribution in [1.82, 2.24) is 0 Å². The summed E-state index contributed by atoms with van der Waals surface area (Å²) in [6.45, 7) is 0.210. The van der Waals surface area contributed by atoms with Gasteiger partial charge in [-0.3, -0.25) is 14.8 Å². The number of nitrogens with one attached hydrogen (secondary N) is 2. The van der Waals surface area contributed by atoms with Gasteiger partial charge in [0.15, 0.2) is 0 Å². The van der Waals surface area contributed by atoms with E-state index in [4.69, 9.17) is 9.15 Å². The molecule has 1 aromatic heterocycles. The van der Waals surface area contributed by atoms with E-state index in [1.807, 2.05) is 0 Å². The van der Waals surface area contributed by atoms with Crippen molar-refractivity contribution in [3.63, 3.8) is 0 Å². The second kappa shape index (κ2) is 8.01. The molecule has 0 saturated carbocycles. The van der Waals surface area contributed by atoms with Crippen LogP contribution in [-0.4, -0.2) is 20.5 Å². The van der Waals surface area contributed by atoms with Gasteiger partial charge in [-0.2, -0.15) is 0 Å². The van der Waals surface area contributed by atoms with Gasteiger partial charge in [0.05, 0.1) is 36.2 Å². The number of furan rings is 1. The Hall–Kier alpha value is -3.53. The first-order valence-corrected chi connectivity index (χ1v) is 9.59. The lowest BCUT2D eigenvalue weighted by Gasteiger charge is -2.15. The zero-order valence-electron chi connectivity index (χ0n) is 14.8. The van der Waals surface area contributed by atoms with E-state index in [1.54, 1.807) is 30.3 Å². The summed E-state index contributed by atoms with van der Waals surface area (Å²) in [6.07, 6.45) is 1.49. The van der Waals surface area contributed by atoms with E-state index in [0.717, 1.165) is 6.07 Å². The molecule has 0 unspecified atom stereocenters. The quantitative estimate of drug-likeness (QED) is 0.435. The molecule has 9 nitrogen and oxygen atoms in total. The number of para-hydroxylation sites is 2. The Labute approximate surface area is 161 Å². The molecule has 28 heavy (non-hydrogen) atoms. The van der Waals surface area contributed by atoms with Gasteiger partial charge in [-0.05, 0) is 30.3 Å². The number of nitrogens with zero attached hydrogens (tertiary/aromatic N) is 1. The molecule has 0 fully saturated rings. The molecule has 0 bridgehead atoms. The fourth-order valence-corrected chi connectivity index (χ4v) is 3.79. The summed E-state index contributed by atoms with van der Waals surface area (Å²) in [5.74, 6) is 0.904. The first kappa shape index (κ1) is 19.2. The summed E-state index contributed by atoms with van der Waals surface area (Å²) in [7, 11) is -2.74. The third-order valence-corrected chi connectivity index (χ3v) is 5.26. The molecular formula is C18H17N3O6S. The van der Waals surface area contributed by atoms with Crippen molar-refractivity contribution in [3.05, 3.63) is 76.7 Å².